The maximum Gasteiger partial charge on any atom is 0.295 e. The van der Waals surface area contributed by atoms with Crippen LogP contribution in [0.5, 0.6) is 5.75 Å². The van der Waals surface area contributed by atoms with Crippen molar-refractivity contribution in [3.63, 3.8) is 0 Å². The maximum absolute atomic E-state index is 13.0. The molecule has 30 heavy (non-hydrogen) atoms. The van der Waals surface area contributed by atoms with Crippen molar-refractivity contribution in [2.24, 2.45) is 0 Å². The van der Waals surface area contributed by atoms with E-state index in [1.807, 2.05) is 32.9 Å². The van der Waals surface area contributed by atoms with Gasteiger partial charge in [-0.3, -0.25) is 9.59 Å². The summed E-state index contributed by atoms with van der Waals surface area (Å²) in [6, 6.07) is 11.0. The van der Waals surface area contributed by atoms with Gasteiger partial charge < -0.3 is 14.7 Å². The van der Waals surface area contributed by atoms with Gasteiger partial charge in [-0.15, -0.1) is 0 Å². The minimum Gasteiger partial charge on any atom is -0.507 e. The molecule has 1 amide bonds. The summed E-state index contributed by atoms with van der Waals surface area (Å²) in [4.78, 5) is 27.3. The van der Waals surface area contributed by atoms with Crippen molar-refractivity contribution in [3.8, 4) is 5.75 Å². The van der Waals surface area contributed by atoms with Gasteiger partial charge in [-0.2, -0.15) is 0 Å². The average Bonchev–Trinajstić information content (AvgIpc) is 2.95. The quantitative estimate of drug-likeness (QED) is 0.354. The molecule has 158 valence electrons. The number of rotatable bonds is 6. The van der Waals surface area contributed by atoms with Gasteiger partial charge in [-0.1, -0.05) is 48.3 Å². The first-order chi connectivity index (χ1) is 14.3. The Morgan fingerprint density at radius 3 is 2.47 bits per heavy atom. The summed E-state index contributed by atoms with van der Waals surface area (Å²) < 4.78 is 5.93. The number of carbonyl (C=O) groups is 2. The molecular formula is C23H23Cl2NO4. The van der Waals surface area contributed by atoms with Gasteiger partial charge in [0.25, 0.3) is 11.7 Å². The molecule has 0 radical (unpaired) electrons. The van der Waals surface area contributed by atoms with Crippen molar-refractivity contribution in [1.82, 2.24) is 4.90 Å². The van der Waals surface area contributed by atoms with Crippen LogP contribution in [0.1, 0.15) is 44.4 Å². The van der Waals surface area contributed by atoms with Crippen molar-refractivity contribution in [1.29, 1.82) is 0 Å². The van der Waals surface area contributed by atoms with Gasteiger partial charge >= 0.3 is 0 Å². The number of aliphatic hydroxyl groups is 1. The molecule has 7 heteroatoms. The lowest BCUT2D eigenvalue weighted by Gasteiger charge is -2.27. The number of benzene rings is 2. The number of carbonyl (C=O) groups excluding carboxylic acids is 2. The Balaban J connectivity index is 2.23. The van der Waals surface area contributed by atoms with Crippen LogP contribution in [-0.4, -0.2) is 34.3 Å². The molecule has 1 atom stereocenters. The van der Waals surface area contributed by atoms with E-state index in [1.165, 1.54) is 17.0 Å². The highest BCUT2D eigenvalue weighted by Gasteiger charge is 2.46. The number of halogens is 2. The summed E-state index contributed by atoms with van der Waals surface area (Å²) >= 11 is 12.1. The summed E-state index contributed by atoms with van der Waals surface area (Å²) in [5.41, 5.74) is 0.957. The van der Waals surface area contributed by atoms with Gasteiger partial charge in [0.1, 0.15) is 11.5 Å². The first-order valence-corrected chi connectivity index (χ1v) is 10.5. The maximum atomic E-state index is 13.0. The molecule has 0 aliphatic carbocycles. The fourth-order valence-electron chi connectivity index (χ4n) is 3.54. The molecule has 1 fully saturated rings. The summed E-state index contributed by atoms with van der Waals surface area (Å²) in [7, 11) is 0. The lowest BCUT2D eigenvalue weighted by molar-refractivity contribution is -0.139. The molecule has 5 nitrogen and oxygen atoms in total. The van der Waals surface area contributed by atoms with Crippen LogP contribution in [-0.2, 0) is 9.59 Å². The van der Waals surface area contributed by atoms with Crippen LogP contribution in [0.2, 0.25) is 10.0 Å². The Morgan fingerprint density at radius 1 is 1.13 bits per heavy atom. The van der Waals surface area contributed by atoms with Gasteiger partial charge in [-0.25, -0.2) is 0 Å². The minimum absolute atomic E-state index is 0.00615. The average molecular weight is 448 g/mol. The number of hydrogen-bond acceptors (Lipinski definition) is 4. The van der Waals surface area contributed by atoms with Gasteiger partial charge in [0, 0.05) is 17.7 Å². The molecule has 1 saturated heterocycles. The van der Waals surface area contributed by atoms with Crippen LogP contribution in [0.25, 0.3) is 5.76 Å². The summed E-state index contributed by atoms with van der Waals surface area (Å²) in [5.74, 6) is -1.13. The number of aliphatic hydroxyl groups excluding tert-OH is 1. The smallest absolute Gasteiger partial charge is 0.295 e. The van der Waals surface area contributed by atoms with E-state index in [0.29, 0.717) is 34.9 Å². The predicted molar refractivity (Wildman–Crippen MR) is 118 cm³/mol. The molecule has 0 aromatic heterocycles. The second kappa shape index (κ2) is 9.11. The van der Waals surface area contributed by atoms with Gasteiger partial charge in [-0.05, 0) is 44.5 Å². The third-order valence-electron chi connectivity index (χ3n) is 4.77. The Labute approximate surface area is 185 Å². The second-order valence-corrected chi connectivity index (χ2v) is 8.14. The molecule has 1 unspecified atom stereocenters. The highest BCUT2D eigenvalue weighted by Crippen LogP contribution is 2.43. The summed E-state index contributed by atoms with van der Waals surface area (Å²) in [6.07, 6.45) is 0.554. The highest BCUT2D eigenvalue weighted by atomic mass is 35.5. The monoisotopic (exact) mass is 447 g/mol. The molecule has 2 aromatic carbocycles. The first kappa shape index (κ1) is 22.2. The largest absolute Gasteiger partial charge is 0.507 e. The summed E-state index contributed by atoms with van der Waals surface area (Å²) in [6.45, 7) is 6.08. The summed E-state index contributed by atoms with van der Waals surface area (Å²) in [5, 5.41) is 11.6. The van der Waals surface area contributed by atoms with Gasteiger partial charge in [0.15, 0.2) is 0 Å². The van der Waals surface area contributed by atoms with Crippen LogP contribution < -0.4 is 4.74 Å². The Hall–Kier alpha value is -2.50. The molecule has 1 heterocycles. The fourth-order valence-corrected chi connectivity index (χ4v) is 3.84. The molecule has 0 saturated carbocycles. The zero-order valence-electron chi connectivity index (χ0n) is 17.0. The van der Waals surface area contributed by atoms with E-state index in [-0.39, 0.29) is 22.5 Å². The Morgan fingerprint density at radius 2 is 1.83 bits per heavy atom. The predicted octanol–water partition coefficient (Wildman–Crippen LogP) is 5.61. The van der Waals surface area contributed by atoms with Crippen molar-refractivity contribution in [3.05, 3.63) is 69.2 Å². The topological polar surface area (TPSA) is 66.8 Å². The number of para-hydroxylation sites is 1. The van der Waals surface area contributed by atoms with E-state index in [1.54, 1.807) is 18.2 Å². The third-order valence-corrected chi connectivity index (χ3v) is 5.51. The molecule has 0 spiro atoms. The molecule has 1 N–H and O–H groups in total. The van der Waals surface area contributed by atoms with E-state index in [9.17, 15) is 14.7 Å². The van der Waals surface area contributed by atoms with E-state index in [4.69, 9.17) is 27.9 Å². The van der Waals surface area contributed by atoms with E-state index < -0.39 is 17.7 Å². The molecule has 0 bridgehead atoms. The second-order valence-electron chi connectivity index (χ2n) is 7.33. The highest BCUT2D eigenvalue weighted by molar-refractivity contribution is 6.47. The molecule has 1 aliphatic rings. The number of nitrogens with zero attached hydrogens (tertiary/aromatic N) is 1. The number of Topliss-reactive ketones (excluding diaryl/α,β-unsaturated/α-hetero) is 1. The van der Waals surface area contributed by atoms with E-state index >= 15 is 0 Å². The SMILES string of the molecule is CCCN1C(=O)C(=O)/C(=C(\O)c2ccc(Cl)c(Cl)c2)C1c1ccccc1OC(C)C. The molecular weight excluding hydrogens is 425 g/mol. The third kappa shape index (κ3) is 4.18. The normalized spacial score (nSPS) is 18.3. The van der Waals surface area contributed by atoms with E-state index in [0.717, 1.165) is 0 Å². The Kier molecular flexibility index (Phi) is 6.74. The Bertz CT molecular complexity index is 1020. The van der Waals surface area contributed by atoms with Crippen LogP contribution >= 0.6 is 23.2 Å². The number of likely N-dealkylation sites (tertiary alicyclic amines) is 1. The number of hydrogen-bond donors (Lipinski definition) is 1. The zero-order valence-corrected chi connectivity index (χ0v) is 18.5. The first-order valence-electron chi connectivity index (χ1n) is 9.75. The lowest BCUT2D eigenvalue weighted by atomic mass is 9.94. The van der Waals surface area contributed by atoms with E-state index in [2.05, 4.69) is 0 Å². The number of ketones is 1. The minimum atomic E-state index is -0.769. The van der Waals surface area contributed by atoms with Crippen molar-refractivity contribution in [2.75, 3.05) is 6.54 Å². The lowest BCUT2D eigenvalue weighted by Crippen LogP contribution is -2.30. The molecule has 3 rings (SSSR count). The van der Waals surface area contributed by atoms with Crippen LogP contribution in [0, 0.1) is 0 Å². The molecule has 1 aliphatic heterocycles. The van der Waals surface area contributed by atoms with Crippen LogP contribution in [0.3, 0.4) is 0 Å². The van der Waals surface area contributed by atoms with Crippen molar-refractivity contribution >= 4 is 40.7 Å². The fraction of sp³-hybridized carbons (Fsp3) is 0.304. The number of ether oxygens (including phenoxy) is 1. The van der Waals surface area contributed by atoms with Crippen molar-refractivity contribution in [2.45, 2.75) is 39.3 Å². The standard InChI is InChI=1S/C23H23Cl2NO4/c1-4-11-26-20(15-7-5-6-8-18(15)30-13(2)3)19(22(28)23(26)29)21(27)14-9-10-16(24)17(25)12-14/h5-10,12-13,20,27H,4,11H2,1-3H3/b21-19-. The van der Waals surface area contributed by atoms with Crippen molar-refractivity contribution < 1.29 is 19.4 Å². The number of amides is 1. The van der Waals surface area contributed by atoms with Gasteiger partial charge in [0.2, 0.25) is 0 Å². The van der Waals surface area contributed by atoms with Crippen LogP contribution in [0.4, 0.5) is 0 Å². The van der Waals surface area contributed by atoms with Gasteiger partial charge in [0.05, 0.1) is 27.8 Å². The zero-order chi connectivity index (χ0) is 22.0. The molecule has 2 aromatic rings. The van der Waals surface area contributed by atoms with Crippen LogP contribution in [0.15, 0.2) is 48.0 Å².